The maximum atomic E-state index is 12.9. The second kappa shape index (κ2) is 8.72. The van der Waals surface area contributed by atoms with Gasteiger partial charge in [0.2, 0.25) is 5.91 Å². The molecule has 8 nitrogen and oxygen atoms in total. The van der Waals surface area contributed by atoms with Crippen LogP contribution in [0.4, 0.5) is 17.1 Å². The van der Waals surface area contributed by atoms with Gasteiger partial charge < -0.3 is 15.1 Å². The normalized spacial score (nSPS) is 14.0. The van der Waals surface area contributed by atoms with Crippen LogP contribution in [-0.2, 0) is 4.79 Å². The van der Waals surface area contributed by atoms with Crippen molar-refractivity contribution in [3.05, 3.63) is 64.2 Å². The monoisotopic (exact) mass is 396 g/mol. The Kier molecular flexibility index (Phi) is 6.11. The van der Waals surface area contributed by atoms with Crippen LogP contribution in [0.2, 0.25) is 0 Å². The number of hydrogen-bond acceptors (Lipinski definition) is 5. The molecule has 1 heterocycles. The fourth-order valence-electron chi connectivity index (χ4n) is 3.15. The molecular weight excluding hydrogens is 372 g/mol. The Bertz CT molecular complexity index is 903. The number of nitro benzene ring substituents is 1. The van der Waals surface area contributed by atoms with Gasteiger partial charge in [0.1, 0.15) is 0 Å². The molecule has 0 atom stereocenters. The first kappa shape index (κ1) is 20.3. The quantitative estimate of drug-likeness (QED) is 0.619. The van der Waals surface area contributed by atoms with Gasteiger partial charge in [-0.1, -0.05) is 19.9 Å². The highest BCUT2D eigenvalue weighted by Crippen LogP contribution is 2.21. The van der Waals surface area contributed by atoms with Crippen molar-refractivity contribution < 1.29 is 14.5 Å². The van der Waals surface area contributed by atoms with Crippen LogP contribution >= 0.6 is 0 Å². The largest absolute Gasteiger partial charge is 0.368 e. The third kappa shape index (κ3) is 4.90. The van der Waals surface area contributed by atoms with E-state index in [0.717, 1.165) is 5.69 Å². The molecule has 152 valence electrons. The van der Waals surface area contributed by atoms with Gasteiger partial charge in [0, 0.05) is 61.2 Å². The standard InChI is InChI=1S/C21H24N4O4/c1-15(2)20(26)22-17-5-3-4-16(14-17)21(27)24-12-10-23(11-13-24)18-6-8-19(9-7-18)25(28)29/h3-9,14-15H,10-13H2,1-2H3,(H,22,26). The van der Waals surface area contributed by atoms with Gasteiger partial charge in [-0.2, -0.15) is 0 Å². The third-order valence-electron chi connectivity index (χ3n) is 4.89. The molecule has 0 bridgehead atoms. The zero-order valence-corrected chi connectivity index (χ0v) is 16.5. The number of carbonyl (C=O) groups is 2. The Balaban J connectivity index is 1.61. The molecule has 0 aliphatic carbocycles. The van der Waals surface area contributed by atoms with Crippen molar-refractivity contribution in [1.82, 2.24) is 4.90 Å². The van der Waals surface area contributed by atoms with Crippen molar-refractivity contribution >= 4 is 28.9 Å². The average molecular weight is 396 g/mol. The van der Waals surface area contributed by atoms with E-state index in [1.165, 1.54) is 12.1 Å². The first-order valence-electron chi connectivity index (χ1n) is 9.55. The summed E-state index contributed by atoms with van der Waals surface area (Å²) >= 11 is 0. The van der Waals surface area contributed by atoms with E-state index in [4.69, 9.17) is 0 Å². The minimum absolute atomic E-state index is 0.0620. The van der Waals surface area contributed by atoms with E-state index in [1.54, 1.807) is 41.3 Å². The summed E-state index contributed by atoms with van der Waals surface area (Å²) in [6.45, 7) is 6.03. The van der Waals surface area contributed by atoms with Crippen molar-refractivity contribution in [1.29, 1.82) is 0 Å². The molecule has 8 heteroatoms. The molecule has 0 saturated carbocycles. The van der Waals surface area contributed by atoms with Crippen molar-refractivity contribution in [3.8, 4) is 0 Å². The predicted molar refractivity (Wildman–Crippen MR) is 111 cm³/mol. The van der Waals surface area contributed by atoms with Gasteiger partial charge in [-0.15, -0.1) is 0 Å². The number of benzene rings is 2. The Labute approximate surface area is 169 Å². The second-order valence-electron chi connectivity index (χ2n) is 7.28. The summed E-state index contributed by atoms with van der Waals surface area (Å²) in [6, 6.07) is 13.4. The van der Waals surface area contributed by atoms with Crippen LogP contribution in [0.15, 0.2) is 48.5 Å². The molecule has 1 fully saturated rings. The van der Waals surface area contributed by atoms with Gasteiger partial charge in [-0.3, -0.25) is 19.7 Å². The Morgan fingerprint density at radius 2 is 1.69 bits per heavy atom. The van der Waals surface area contributed by atoms with Crippen LogP contribution in [-0.4, -0.2) is 47.8 Å². The number of nitrogens with one attached hydrogen (secondary N) is 1. The van der Waals surface area contributed by atoms with E-state index in [1.807, 2.05) is 13.8 Å². The number of anilines is 2. The summed E-state index contributed by atoms with van der Waals surface area (Å²) in [7, 11) is 0. The van der Waals surface area contributed by atoms with E-state index in [-0.39, 0.29) is 23.4 Å². The van der Waals surface area contributed by atoms with Gasteiger partial charge >= 0.3 is 0 Å². The lowest BCUT2D eigenvalue weighted by Crippen LogP contribution is -2.48. The van der Waals surface area contributed by atoms with Crippen LogP contribution in [0.25, 0.3) is 0 Å². The van der Waals surface area contributed by atoms with Gasteiger partial charge in [0.05, 0.1) is 4.92 Å². The van der Waals surface area contributed by atoms with Crippen LogP contribution < -0.4 is 10.2 Å². The van der Waals surface area contributed by atoms with Crippen LogP contribution in [0.5, 0.6) is 0 Å². The molecule has 0 spiro atoms. The summed E-state index contributed by atoms with van der Waals surface area (Å²) in [6.07, 6.45) is 0. The van der Waals surface area contributed by atoms with E-state index in [2.05, 4.69) is 10.2 Å². The van der Waals surface area contributed by atoms with Crippen molar-refractivity contribution in [3.63, 3.8) is 0 Å². The number of nitrogens with zero attached hydrogens (tertiary/aromatic N) is 3. The molecule has 0 unspecified atom stereocenters. The lowest BCUT2D eigenvalue weighted by Gasteiger charge is -2.36. The fourth-order valence-corrected chi connectivity index (χ4v) is 3.15. The number of hydrogen-bond donors (Lipinski definition) is 1. The highest BCUT2D eigenvalue weighted by atomic mass is 16.6. The zero-order valence-electron chi connectivity index (χ0n) is 16.5. The number of non-ortho nitro benzene ring substituents is 1. The van der Waals surface area contributed by atoms with E-state index in [0.29, 0.717) is 37.4 Å². The van der Waals surface area contributed by atoms with Crippen LogP contribution in [0, 0.1) is 16.0 Å². The molecule has 2 aromatic rings. The average Bonchev–Trinajstić information content (AvgIpc) is 2.73. The predicted octanol–water partition coefficient (Wildman–Crippen LogP) is 3.15. The molecule has 1 N–H and O–H groups in total. The van der Waals surface area contributed by atoms with Gasteiger partial charge in [-0.05, 0) is 30.3 Å². The maximum absolute atomic E-state index is 12.9. The number of rotatable bonds is 5. The highest BCUT2D eigenvalue weighted by Gasteiger charge is 2.23. The van der Waals surface area contributed by atoms with Crippen LogP contribution in [0.3, 0.4) is 0 Å². The SMILES string of the molecule is CC(C)C(=O)Nc1cccc(C(=O)N2CCN(c3ccc([N+](=O)[O-])cc3)CC2)c1. The summed E-state index contributed by atoms with van der Waals surface area (Å²) in [5, 5.41) is 13.6. The molecule has 0 aromatic heterocycles. The summed E-state index contributed by atoms with van der Waals surface area (Å²) in [5.41, 5.74) is 2.11. The Hall–Kier alpha value is -3.42. The maximum Gasteiger partial charge on any atom is 0.269 e. The number of amides is 2. The summed E-state index contributed by atoms with van der Waals surface area (Å²) in [4.78, 5) is 39.0. The smallest absolute Gasteiger partial charge is 0.269 e. The Morgan fingerprint density at radius 1 is 1.03 bits per heavy atom. The minimum atomic E-state index is -0.419. The molecule has 1 aliphatic heterocycles. The molecular formula is C21H24N4O4. The third-order valence-corrected chi connectivity index (χ3v) is 4.89. The van der Waals surface area contributed by atoms with Crippen LogP contribution in [0.1, 0.15) is 24.2 Å². The van der Waals surface area contributed by atoms with Gasteiger partial charge in [0.25, 0.3) is 11.6 Å². The topological polar surface area (TPSA) is 95.8 Å². The molecule has 1 aliphatic rings. The Morgan fingerprint density at radius 3 is 2.28 bits per heavy atom. The number of carbonyl (C=O) groups excluding carboxylic acids is 2. The van der Waals surface area contributed by atoms with Gasteiger partial charge in [0.15, 0.2) is 0 Å². The molecule has 2 amide bonds. The number of nitro groups is 1. The number of piperazine rings is 1. The lowest BCUT2D eigenvalue weighted by atomic mass is 10.1. The lowest BCUT2D eigenvalue weighted by molar-refractivity contribution is -0.384. The molecule has 1 saturated heterocycles. The van der Waals surface area contributed by atoms with Gasteiger partial charge in [-0.25, -0.2) is 0 Å². The molecule has 3 rings (SSSR count). The highest BCUT2D eigenvalue weighted by molar-refractivity contribution is 5.97. The zero-order chi connectivity index (χ0) is 21.0. The van der Waals surface area contributed by atoms with Crippen molar-refractivity contribution in [2.45, 2.75) is 13.8 Å². The summed E-state index contributed by atoms with van der Waals surface area (Å²) < 4.78 is 0. The van der Waals surface area contributed by atoms with E-state index < -0.39 is 4.92 Å². The molecule has 29 heavy (non-hydrogen) atoms. The molecule has 2 aromatic carbocycles. The fraction of sp³-hybridized carbons (Fsp3) is 0.333. The first-order valence-corrected chi connectivity index (χ1v) is 9.55. The molecule has 0 radical (unpaired) electrons. The summed E-state index contributed by atoms with van der Waals surface area (Å²) in [5.74, 6) is -0.304. The first-order chi connectivity index (χ1) is 13.8. The van der Waals surface area contributed by atoms with Crippen molar-refractivity contribution in [2.24, 2.45) is 5.92 Å². The second-order valence-corrected chi connectivity index (χ2v) is 7.28. The van der Waals surface area contributed by atoms with E-state index in [9.17, 15) is 19.7 Å². The van der Waals surface area contributed by atoms with Crippen molar-refractivity contribution in [2.75, 3.05) is 36.4 Å². The minimum Gasteiger partial charge on any atom is -0.368 e. The van der Waals surface area contributed by atoms with E-state index >= 15 is 0 Å².